The van der Waals surface area contributed by atoms with Crippen molar-refractivity contribution in [3.63, 3.8) is 0 Å². The zero-order valence-corrected chi connectivity index (χ0v) is 13.1. The van der Waals surface area contributed by atoms with Gasteiger partial charge in [-0.1, -0.05) is 32.6 Å². The minimum Gasteiger partial charge on any atom is -0.335 e. The first-order chi connectivity index (χ1) is 10.2. The molecule has 1 atom stereocenters. The van der Waals surface area contributed by atoms with Crippen molar-refractivity contribution in [2.24, 2.45) is 7.05 Å². The van der Waals surface area contributed by atoms with E-state index in [9.17, 15) is 4.79 Å². The highest BCUT2D eigenvalue weighted by Gasteiger charge is 2.52. The number of amides is 1. The molecule has 1 N–H and O–H groups in total. The van der Waals surface area contributed by atoms with Crippen LogP contribution in [0.4, 0.5) is 0 Å². The van der Waals surface area contributed by atoms with E-state index >= 15 is 0 Å². The molecule has 1 aliphatic heterocycles. The number of nitrogens with one attached hydrogen (secondary N) is 1. The van der Waals surface area contributed by atoms with Crippen molar-refractivity contribution in [3.05, 3.63) is 18.2 Å². The summed E-state index contributed by atoms with van der Waals surface area (Å²) in [5.41, 5.74) is -0.331. The fraction of sp³-hybridized carbons (Fsp3) is 0.750. The standard InChI is InChI=1S/C16H26N4O/c1-3-4-11-20-14(13-17-10-12-19(13)2)18-16(15(20)21)8-6-5-7-9-16/h10,12,14,18H,3-9,11H2,1-2H3/t14-/m0/s1. The van der Waals surface area contributed by atoms with Crippen molar-refractivity contribution in [3.8, 4) is 0 Å². The third kappa shape index (κ3) is 2.48. The highest BCUT2D eigenvalue weighted by Crippen LogP contribution is 2.39. The zero-order chi connectivity index (χ0) is 14.9. The summed E-state index contributed by atoms with van der Waals surface area (Å²) in [6, 6.07) is 0. The number of hydrogen-bond donors (Lipinski definition) is 1. The van der Waals surface area contributed by atoms with Crippen LogP contribution in [-0.2, 0) is 11.8 Å². The lowest BCUT2D eigenvalue weighted by Gasteiger charge is -2.31. The number of hydrogen-bond acceptors (Lipinski definition) is 3. The highest BCUT2D eigenvalue weighted by atomic mass is 16.2. The van der Waals surface area contributed by atoms with Crippen LogP contribution in [0.15, 0.2) is 12.4 Å². The van der Waals surface area contributed by atoms with E-state index in [0.717, 1.165) is 50.9 Å². The molecule has 0 radical (unpaired) electrons. The molecular formula is C16H26N4O. The maximum Gasteiger partial charge on any atom is 0.244 e. The number of unbranched alkanes of at least 4 members (excludes halogenated alkanes) is 1. The van der Waals surface area contributed by atoms with Gasteiger partial charge in [-0.3, -0.25) is 10.1 Å². The topological polar surface area (TPSA) is 50.2 Å². The average Bonchev–Trinajstić information content (AvgIpc) is 3.02. The minimum atomic E-state index is -0.331. The van der Waals surface area contributed by atoms with Crippen LogP contribution in [0.25, 0.3) is 0 Å². The van der Waals surface area contributed by atoms with Crippen molar-refractivity contribution >= 4 is 5.91 Å². The van der Waals surface area contributed by atoms with Gasteiger partial charge in [0.25, 0.3) is 0 Å². The van der Waals surface area contributed by atoms with E-state index in [1.807, 2.05) is 28.9 Å². The molecule has 2 aliphatic rings. The Hall–Kier alpha value is -1.36. The lowest BCUT2D eigenvalue weighted by Crippen LogP contribution is -2.48. The van der Waals surface area contributed by atoms with Crippen molar-refractivity contribution in [2.75, 3.05) is 6.54 Å². The summed E-state index contributed by atoms with van der Waals surface area (Å²) in [5.74, 6) is 1.24. The molecule has 1 aromatic rings. The Morgan fingerprint density at radius 1 is 1.38 bits per heavy atom. The third-order valence-electron chi connectivity index (χ3n) is 4.96. The van der Waals surface area contributed by atoms with Gasteiger partial charge in [0, 0.05) is 26.0 Å². The molecular weight excluding hydrogens is 264 g/mol. The molecule has 0 bridgehead atoms. The van der Waals surface area contributed by atoms with E-state index in [2.05, 4.69) is 17.2 Å². The summed E-state index contributed by atoms with van der Waals surface area (Å²) in [4.78, 5) is 19.5. The van der Waals surface area contributed by atoms with Crippen LogP contribution in [0.3, 0.4) is 0 Å². The summed E-state index contributed by atoms with van der Waals surface area (Å²) >= 11 is 0. The first-order valence-corrected chi connectivity index (χ1v) is 8.24. The SMILES string of the molecule is CCCCN1C(=O)C2(CCCCC2)N[C@@H]1c1nccn1C. The Balaban J connectivity index is 1.89. The molecule has 0 aromatic carbocycles. The van der Waals surface area contributed by atoms with Gasteiger partial charge in [-0.2, -0.15) is 0 Å². The van der Waals surface area contributed by atoms with Crippen LogP contribution in [0.5, 0.6) is 0 Å². The maximum atomic E-state index is 13.0. The highest BCUT2D eigenvalue weighted by molar-refractivity contribution is 5.89. The fourth-order valence-corrected chi connectivity index (χ4v) is 3.71. The first-order valence-electron chi connectivity index (χ1n) is 8.24. The van der Waals surface area contributed by atoms with Gasteiger partial charge in [0.1, 0.15) is 12.0 Å². The maximum absolute atomic E-state index is 13.0. The summed E-state index contributed by atoms with van der Waals surface area (Å²) in [6.07, 6.45) is 11.3. The molecule has 1 saturated carbocycles. The number of nitrogens with zero attached hydrogens (tertiary/aromatic N) is 3. The molecule has 116 valence electrons. The van der Waals surface area contributed by atoms with E-state index in [-0.39, 0.29) is 11.7 Å². The van der Waals surface area contributed by atoms with Crippen LogP contribution in [0.1, 0.15) is 63.9 Å². The van der Waals surface area contributed by atoms with Crippen molar-refractivity contribution in [1.82, 2.24) is 19.8 Å². The molecule has 1 amide bonds. The summed E-state index contributed by atoms with van der Waals surface area (Å²) in [7, 11) is 2.00. The lowest BCUT2D eigenvalue weighted by atomic mass is 9.81. The average molecular weight is 290 g/mol. The molecule has 5 heteroatoms. The summed E-state index contributed by atoms with van der Waals surface area (Å²) < 4.78 is 2.02. The second-order valence-electron chi connectivity index (χ2n) is 6.44. The number of imidazole rings is 1. The second kappa shape index (κ2) is 5.79. The van der Waals surface area contributed by atoms with Crippen LogP contribution in [0.2, 0.25) is 0 Å². The Kier molecular flexibility index (Phi) is 4.02. The third-order valence-corrected chi connectivity index (χ3v) is 4.96. The number of carbonyl (C=O) groups excluding carboxylic acids is 1. The molecule has 0 unspecified atom stereocenters. The predicted molar refractivity (Wildman–Crippen MR) is 81.5 cm³/mol. The van der Waals surface area contributed by atoms with Gasteiger partial charge in [0.05, 0.1) is 5.54 Å². The van der Waals surface area contributed by atoms with Crippen molar-refractivity contribution in [2.45, 2.75) is 63.6 Å². The minimum absolute atomic E-state index is 0.0675. The first kappa shape index (κ1) is 14.6. The molecule has 3 rings (SSSR count). The number of carbonyl (C=O) groups is 1. The number of rotatable bonds is 4. The lowest BCUT2D eigenvalue weighted by molar-refractivity contribution is -0.134. The molecule has 21 heavy (non-hydrogen) atoms. The van der Waals surface area contributed by atoms with Crippen LogP contribution < -0.4 is 5.32 Å². The fourth-order valence-electron chi connectivity index (χ4n) is 3.71. The Morgan fingerprint density at radius 2 is 2.14 bits per heavy atom. The Labute approximate surface area is 126 Å². The van der Waals surface area contributed by atoms with Crippen LogP contribution in [0, 0.1) is 0 Å². The van der Waals surface area contributed by atoms with E-state index in [0.29, 0.717) is 5.91 Å². The summed E-state index contributed by atoms with van der Waals surface area (Å²) in [5, 5.41) is 3.65. The monoisotopic (exact) mass is 290 g/mol. The number of aryl methyl sites for hydroxylation is 1. The molecule has 1 saturated heterocycles. The molecule has 5 nitrogen and oxygen atoms in total. The van der Waals surface area contributed by atoms with Gasteiger partial charge in [-0.25, -0.2) is 4.98 Å². The molecule has 2 fully saturated rings. The normalized spacial score (nSPS) is 25.0. The zero-order valence-electron chi connectivity index (χ0n) is 13.1. The predicted octanol–water partition coefficient (Wildman–Crippen LogP) is 2.35. The second-order valence-corrected chi connectivity index (χ2v) is 6.44. The molecule has 2 heterocycles. The van der Waals surface area contributed by atoms with E-state index < -0.39 is 0 Å². The van der Waals surface area contributed by atoms with Gasteiger partial charge in [-0.05, 0) is 19.3 Å². The van der Waals surface area contributed by atoms with E-state index in [1.54, 1.807) is 0 Å². The Bertz CT molecular complexity index is 504. The van der Waals surface area contributed by atoms with Crippen molar-refractivity contribution in [1.29, 1.82) is 0 Å². The van der Waals surface area contributed by atoms with Crippen LogP contribution >= 0.6 is 0 Å². The smallest absolute Gasteiger partial charge is 0.244 e. The van der Waals surface area contributed by atoms with Crippen molar-refractivity contribution < 1.29 is 4.79 Å². The summed E-state index contributed by atoms with van der Waals surface area (Å²) in [6.45, 7) is 2.99. The van der Waals surface area contributed by atoms with Gasteiger partial charge in [-0.15, -0.1) is 0 Å². The van der Waals surface area contributed by atoms with Crippen LogP contribution in [-0.4, -0.2) is 32.4 Å². The molecule has 1 aliphatic carbocycles. The van der Waals surface area contributed by atoms with E-state index in [1.165, 1.54) is 6.42 Å². The van der Waals surface area contributed by atoms with E-state index in [4.69, 9.17) is 0 Å². The molecule has 1 aromatic heterocycles. The number of aromatic nitrogens is 2. The van der Waals surface area contributed by atoms with Gasteiger partial charge in [0.2, 0.25) is 5.91 Å². The van der Waals surface area contributed by atoms with Gasteiger partial charge in [0.15, 0.2) is 0 Å². The molecule has 1 spiro atoms. The van der Waals surface area contributed by atoms with Gasteiger partial charge >= 0.3 is 0 Å². The van der Waals surface area contributed by atoms with Gasteiger partial charge < -0.3 is 9.47 Å². The quantitative estimate of drug-likeness (QED) is 0.926. The largest absolute Gasteiger partial charge is 0.335 e. The Morgan fingerprint density at radius 3 is 2.76 bits per heavy atom.